The average molecular weight is 400 g/mol. The van der Waals surface area contributed by atoms with Crippen molar-refractivity contribution in [2.45, 2.75) is 25.9 Å². The smallest absolute Gasteiger partial charge is 0.146 e. The Morgan fingerprint density at radius 3 is 2.83 bits per heavy atom. The number of nitriles is 1. The zero-order chi connectivity index (χ0) is 21.0. The second kappa shape index (κ2) is 6.78. The van der Waals surface area contributed by atoms with Gasteiger partial charge >= 0.3 is 0 Å². The van der Waals surface area contributed by atoms with Gasteiger partial charge in [-0.2, -0.15) is 10.4 Å². The molecule has 150 valence electrons. The highest BCUT2D eigenvalue weighted by atomic mass is 19.1. The van der Waals surface area contributed by atoms with Crippen LogP contribution in [0.25, 0.3) is 22.2 Å². The van der Waals surface area contributed by atoms with E-state index >= 15 is 0 Å². The van der Waals surface area contributed by atoms with Crippen molar-refractivity contribution < 1.29 is 4.39 Å². The van der Waals surface area contributed by atoms with Gasteiger partial charge in [-0.1, -0.05) is 13.0 Å². The molecule has 3 aromatic heterocycles. The van der Waals surface area contributed by atoms with Crippen molar-refractivity contribution in [3.05, 3.63) is 70.6 Å². The monoisotopic (exact) mass is 400 g/mol. The van der Waals surface area contributed by atoms with Crippen LogP contribution in [0.15, 0.2) is 36.7 Å². The van der Waals surface area contributed by atoms with Gasteiger partial charge in [0.15, 0.2) is 0 Å². The number of pyridine rings is 1. The summed E-state index contributed by atoms with van der Waals surface area (Å²) in [5.74, 6) is -0.252. The first kappa shape index (κ1) is 18.5. The van der Waals surface area contributed by atoms with E-state index in [1.54, 1.807) is 24.0 Å². The van der Waals surface area contributed by atoms with Crippen LogP contribution in [-0.2, 0) is 20.1 Å². The van der Waals surface area contributed by atoms with Crippen molar-refractivity contribution in [3.8, 4) is 17.2 Å². The Morgan fingerprint density at radius 2 is 2.03 bits per heavy atom. The SMILES string of the molecule is CC1c2cc(F)ccc2CN(C)Cc2nn(C)c(C#N)c2-c2cnc3[nH]cc1c3c2. The molecule has 5 rings (SSSR count). The van der Waals surface area contributed by atoms with Crippen molar-refractivity contribution in [1.29, 1.82) is 5.26 Å². The van der Waals surface area contributed by atoms with E-state index in [9.17, 15) is 9.65 Å². The van der Waals surface area contributed by atoms with Crippen LogP contribution in [0.2, 0.25) is 0 Å². The Hall–Kier alpha value is -3.50. The fraction of sp³-hybridized carbons (Fsp3) is 0.261. The Morgan fingerprint density at radius 1 is 1.20 bits per heavy atom. The number of rotatable bonds is 0. The van der Waals surface area contributed by atoms with Crippen molar-refractivity contribution in [2.75, 3.05) is 7.05 Å². The summed E-state index contributed by atoms with van der Waals surface area (Å²) in [6, 6.07) is 9.37. The topological polar surface area (TPSA) is 73.5 Å². The molecular weight excluding hydrogens is 379 g/mol. The molecule has 0 spiro atoms. The number of nitrogens with zero attached hydrogens (tertiary/aromatic N) is 5. The molecule has 2 bridgehead atoms. The van der Waals surface area contributed by atoms with Crippen LogP contribution in [0.3, 0.4) is 0 Å². The minimum Gasteiger partial charge on any atom is -0.346 e. The van der Waals surface area contributed by atoms with Crippen LogP contribution in [0.1, 0.15) is 40.9 Å². The molecule has 1 N–H and O–H groups in total. The summed E-state index contributed by atoms with van der Waals surface area (Å²) < 4.78 is 15.8. The Labute approximate surface area is 173 Å². The van der Waals surface area contributed by atoms with E-state index in [1.165, 1.54) is 6.07 Å². The Bertz CT molecular complexity index is 1330. The zero-order valence-corrected chi connectivity index (χ0v) is 17.1. The molecule has 1 unspecified atom stereocenters. The zero-order valence-electron chi connectivity index (χ0n) is 17.1. The first-order chi connectivity index (χ1) is 14.5. The number of nitrogens with one attached hydrogen (secondary N) is 1. The molecule has 4 aromatic rings. The van der Waals surface area contributed by atoms with E-state index < -0.39 is 0 Å². The summed E-state index contributed by atoms with van der Waals surface area (Å²) in [6.45, 7) is 3.31. The van der Waals surface area contributed by atoms with Crippen molar-refractivity contribution >= 4 is 11.0 Å². The number of aromatic nitrogens is 4. The molecule has 30 heavy (non-hydrogen) atoms. The predicted octanol–water partition coefficient (Wildman–Crippen LogP) is 4.07. The van der Waals surface area contributed by atoms with Gasteiger partial charge in [-0.15, -0.1) is 0 Å². The highest BCUT2D eigenvalue weighted by molar-refractivity contribution is 5.87. The van der Waals surface area contributed by atoms with Crippen LogP contribution in [0.4, 0.5) is 4.39 Å². The lowest BCUT2D eigenvalue weighted by Crippen LogP contribution is -2.20. The van der Waals surface area contributed by atoms with Gasteiger partial charge in [-0.3, -0.25) is 9.58 Å². The maximum Gasteiger partial charge on any atom is 0.146 e. The quantitative estimate of drug-likeness (QED) is 0.483. The number of fused-ring (bicyclic) bond motifs is 4. The second-order valence-corrected chi connectivity index (χ2v) is 8.01. The molecule has 0 fully saturated rings. The third-order valence-corrected chi connectivity index (χ3v) is 5.98. The van der Waals surface area contributed by atoms with Gasteiger partial charge in [0, 0.05) is 55.0 Å². The molecule has 1 aliphatic rings. The Balaban J connectivity index is 1.82. The van der Waals surface area contributed by atoms with Gasteiger partial charge < -0.3 is 4.98 Å². The molecule has 0 aliphatic carbocycles. The normalized spacial score (nSPS) is 16.6. The van der Waals surface area contributed by atoms with Gasteiger partial charge in [0.05, 0.1) is 5.69 Å². The molecule has 1 atom stereocenters. The van der Waals surface area contributed by atoms with Gasteiger partial charge in [-0.25, -0.2) is 9.37 Å². The molecule has 0 saturated heterocycles. The predicted molar refractivity (Wildman–Crippen MR) is 112 cm³/mol. The number of benzene rings is 1. The molecule has 6 nitrogen and oxygen atoms in total. The summed E-state index contributed by atoms with van der Waals surface area (Å²) in [7, 11) is 3.80. The summed E-state index contributed by atoms with van der Waals surface area (Å²) in [4.78, 5) is 9.98. The molecule has 7 heteroatoms. The van der Waals surface area contributed by atoms with Crippen LogP contribution >= 0.6 is 0 Å². The molecule has 1 aliphatic heterocycles. The van der Waals surface area contributed by atoms with E-state index in [-0.39, 0.29) is 11.7 Å². The number of aryl methyl sites for hydroxylation is 1. The number of H-pyrrole nitrogens is 1. The minimum absolute atomic E-state index is 0.0156. The molecule has 4 heterocycles. The van der Waals surface area contributed by atoms with Crippen LogP contribution in [0.5, 0.6) is 0 Å². The van der Waals surface area contributed by atoms with E-state index in [0.29, 0.717) is 18.8 Å². The maximum absolute atomic E-state index is 14.2. The number of hydrogen-bond acceptors (Lipinski definition) is 4. The number of halogens is 1. The maximum atomic E-state index is 14.2. The van der Waals surface area contributed by atoms with Crippen molar-refractivity contribution in [3.63, 3.8) is 0 Å². The Kier molecular flexibility index (Phi) is 4.19. The van der Waals surface area contributed by atoms with E-state index in [1.807, 2.05) is 19.3 Å². The average Bonchev–Trinajstić information content (AvgIpc) is 3.27. The highest BCUT2D eigenvalue weighted by Gasteiger charge is 2.24. The minimum atomic E-state index is -0.236. The molecular formula is C23H21FN6. The summed E-state index contributed by atoms with van der Waals surface area (Å²) >= 11 is 0. The van der Waals surface area contributed by atoms with Crippen LogP contribution in [0, 0.1) is 17.1 Å². The summed E-state index contributed by atoms with van der Waals surface area (Å²) in [5.41, 5.74) is 6.90. The molecule has 0 radical (unpaired) electrons. The lowest BCUT2D eigenvalue weighted by Gasteiger charge is -2.22. The fourth-order valence-corrected chi connectivity index (χ4v) is 4.52. The largest absolute Gasteiger partial charge is 0.346 e. The third-order valence-electron chi connectivity index (χ3n) is 5.98. The van der Waals surface area contributed by atoms with Gasteiger partial charge in [0.1, 0.15) is 23.2 Å². The second-order valence-electron chi connectivity index (χ2n) is 8.01. The fourth-order valence-electron chi connectivity index (χ4n) is 4.52. The number of aromatic amines is 1. The summed E-state index contributed by atoms with van der Waals surface area (Å²) in [5, 5.41) is 15.4. The summed E-state index contributed by atoms with van der Waals surface area (Å²) in [6.07, 6.45) is 3.74. The lowest BCUT2D eigenvalue weighted by molar-refractivity contribution is 0.313. The van der Waals surface area contributed by atoms with Crippen LogP contribution < -0.4 is 0 Å². The van der Waals surface area contributed by atoms with Crippen LogP contribution in [-0.4, -0.2) is 31.7 Å². The van der Waals surface area contributed by atoms with Crippen molar-refractivity contribution in [1.82, 2.24) is 24.6 Å². The lowest BCUT2D eigenvalue weighted by atomic mass is 9.88. The van der Waals surface area contributed by atoms with Gasteiger partial charge in [0.2, 0.25) is 0 Å². The number of hydrogen-bond donors (Lipinski definition) is 1. The van der Waals surface area contributed by atoms with Crippen molar-refractivity contribution in [2.24, 2.45) is 7.05 Å². The first-order valence-electron chi connectivity index (χ1n) is 9.86. The van der Waals surface area contributed by atoms with Gasteiger partial charge in [0.25, 0.3) is 0 Å². The highest BCUT2D eigenvalue weighted by Crippen LogP contribution is 2.36. The molecule has 0 amide bonds. The standard InChI is InChI=1S/C23H21FN6/c1-13-17-7-16(24)5-4-14(17)11-29(2)12-20-22(21(8-25)30(3)28-20)15-6-18-19(13)10-27-23(18)26-9-15/h4-7,9-10,13H,11-12H2,1-3H3,(H,26,27). The van der Waals surface area contributed by atoms with E-state index in [4.69, 9.17) is 0 Å². The van der Waals surface area contributed by atoms with E-state index in [0.717, 1.165) is 44.5 Å². The third kappa shape index (κ3) is 2.80. The van der Waals surface area contributed by atoms with E-state index in [2.05, 4.69) is 39.0 Å². The molecule has 1 aromatic carbocycles. The van der Waals surface area contributed by atoms with Gasteiger partial charge in [-0.05, 0) is 41.9 Å². The first-order valence-corrected chi connectivity index (χ1v) is 9.86. The molecule has 0 saturated carbocycles.